The van der Waals surface area contributed by atoms with E-state index in [-0.39, 0.29) is 63.4 Å². The number of aryl methyl sites for hydroxylation is 1. The summed E-state index contributed by atoms with van der Waals surface area (Å²) in [5.74, 6) is -0.00171. The van der Waals surface area contributed by atoms with Crippen LogP contribution >= 0.6 is 23.2 Å². The summed E-state index contributed by atoms with van der Waals surface area (Å²) in [6.07, 6.45) is 1.53. The third-order valence-corrected chi connectivity index (χ3v) is 20.4. The molecule has 2 unspecified atom stereocenters. The van der Waals surface area contributed by atoms with Crippen molar-refractivity contribution in [1.29, 1.82) is 0 Å². The first-order valence-corrected chi connectivity index (χ1v) is 30.8. The topological polar surface area (TPSA) is 193 Å². The highest BCUT2D eigenvalue weighted by Gasteiger charge is 2.39. The van der Waals surface area contributed by atoms with Crippen LogP contribution in [0.5, 0.6) is 28.9 Å². The molecule has 2 atom stereocenters. The molecule has 1 N–H and O–H groups in total. The average molecular weight is 1180 g/mol. The maximum atomic E-state index is 14.6. The number of ether oxygens (including phenoxy) is 5. The van der Waals surface area contributed by atoms with E-state index in [9.17, 15) is 22.7 Å². The maximum Gasteiger partial charge on any atom is 0.345 e. The highest BCUT2D eigenvalue weighted by atomic mass is 35.5. The molecular formula is C60H62Cl2FN5O11SSi. The lowest BCUT2D eigenvalue weighted by atomic mass is 10.1. The molecule has 21 heteroatoms. The van der Waals surface area contributed by atoms with Gasteiger partial charge < -0.3 is 37.8 Å². The van der Waals surface area contributed by atoms with Gasteiger partial charge in [-0.2, -0.15) is 13.4 Å². The van der Waals surface area contributed by atoms with Crippen molar-refractivity contribution in [1.82, 2.24) is 24.5 Å². The van der Waals surface area contributed by atoms with E-state index in [1.807, 2.05) is 31.2 Å². The van der Waals surface area contributed by atoms with E-state index >= 15 is 0 Å². The third-order valence-electron chi connectivity index (χ3n) is 13.8. The molecule has 0 aliphatic carbocycles. The molecule has 3 aromatic heterocycles. The van der Waals surface area contributed by atoms with E-state index in [0.29, 0.717) is 73.5 Å². The number of hydrogen-bond donors (Lipinski definition) is 1. The van der Waals surface area contributed by atoms with Gasteiger partial charge in [0, 0.05) is 18.2 Å². The number of fused-ring (bicyclic) bond motifs is 1. The first-order valence-electron chi connectivity index (χ1n) is 25.7. The molecule has 8 rings (SSSR count). The number of para-hydroxylation sites is 1. The molecular weight excluding hydrogens is 1120 g/mol. The van der Waals surface area contributed by atoms with Crippen molar-refractivity contribution in [2.24, 2.45) is 0 Å². The summed E-state index contributed by atoms with van der Waals surface area (Å²) in [4.78, 5) is 31.9. The van der Waals surface area contributed by atoms with Gasteiger partial charge in [-0.1, -0.05) is 79.9 Å². The SMILES string of the molecule is C=CCOCC(COS(=O)(=O)c1ccc(C)cc1)Oc1c(Cl)c(C)c(-n2c(-c3ccc(F)cc3)cc3ncnc(OC(Cc4cc(O[Si](C)(C)C(C)(C)C)ccc4OCc4ccnc(-c5ccccc5OC)n4)C(=O)O)c32)c(C)c1Cl. The first kappa shape index (κ1) is 59.7. The Hall–Kier alpha value is -7.39. The smallest absolute Gasteiger partial charge is 0.345 e. The molecule has 0 spiro atoms. The summed E-state index contributed by atoms with van der Waals surface area (Å²) < 4.78 is 85.9. The molecule has 16 nitrogen and oxygen atoms in total. The second-order valence-electron chi connectivity index (χ2n) is 20.6. The van der Waals surface area contributed by atoms with Crippen molar-refractivity contribution in [3.63, 3.8) is 0 Å². The van der Waals surface area contributed by atoms with Gasteiger partial charge in [-0.15, -0.1) is 6.58 Å². The monoisotopic (exact) mass is 1180 g/mol. The molecule has 5 aromatic carbocycles. The van der Waals surface area contributed by atoms with E-state index in [4.69, 9.17) is 60.5 Å². The van der Waals surface area contributed by atoms with Crippen LogP contribution in [0.15, 0.2) is 133 Å². The molecule has 0 fully saturated rings. The zero-order valence-corrected chi connectivity index (χ0v) is 49.6. The third kappa shape index (κ3) is 13.7. The number of methoxy groups -OCH3 is 1. The number of halogens is 3. The first-order chi connectivity index (χ1) is 38.5. The number of carboxylic acids is 1. The number of benzene rings is 5. The molecule has 424 valence electrons. The van der Waals surface area contributed by atoms with Gasteiger partial charge in [0.15, 0.2) is 11.6 Å². The lowest BCUT2D eigenvalue weighted by molar-refractivity contribution is -0.145. The number of aliphatic carboxylic acids is 1. The van der Waals surface area contributed by atoms with Gasteiger partial charge >= 0.3 is 5.97 Å². The Bertz CT molecular complexity index is 3680. The summed E-state index contributed by atoms with van der Waals surface area (Å²) in [5.41, 5.74) is 5.34. The minimum Gasteiger partial charge on any atom is -0.543 e. The Balaban J connectivity index is 1.19. The van der Waals surface area contributed by atoms with Gasteiger partial charge in [-0.3, -0.25) is 4.18 Å². The number of nitrogens with zero attached hydrogens (tertiary/aromatic N) is 5. The summed E-state index contributed by atoms with van der Waals surface area (Å²) in [6, 6.07) is 28.2. The van der Waals surface area contributed by atoms with Crippen LogP contribution in [0.25, 0.3) is 39.4 Å². The molecule has 0 radical (unpaired) electrons. The van der Waals surface area contributed by atoms with Gasteiger partial charge in [0.2, 0.25) is 20.3 Å². The molecule has 0 aliphatic heterocycles. The highest BCUT2D eigenvalue weighted by molar-refractivity contribution is 7.86. The Labute approximate surface area is 481 Å². The summed E-state index contributed by atoms with van der Waals surface area (Å²) in [6.45, 7) is 19.1. The van der Waals surface area contributed by atoms with Gasteiger partial charge in [0.05, 0.1) is 63.4 Å². The van der Waals surface area contributed by atoms with Gasteiger partial charge in [0.25, 0.3) is 10.1 Å². The molecule has 8 aromatic rings. The van der Waals surface area contributed by atoms with Crippen LogP contribution in [0, 0.1) is 26.6 Å². The fourth-order valence-corrected chi connectivity index (χ4v) is 11.0. The van der Waals surface area contributed by atoms with Crippen molar-refractivity contribution >= 4 is 58.6 Å². The van der Waals surface area contributed by atoms with Gasteiger partial charge in [0.1, 0.15) is 54.2 Å². The number of rotatable bonds is 24. The Morgan fingerprint density at radius 2 is 1.58 bits per heavy atom. The van der Waals surface area contributed by atoms with Crippen molar-refractivity contribution in [3.8, 4) is 57.2 Å². The van der Waals surface area contributed by atoms with Crippen LogP contribution in [0.2, 0.25) is 28.2 Å². The van der Waals surface area contributed by atoms with E-state index in [1.165, 1.54) is 36.7 Å². The second-order valence-corrected chi connectivity index (χ2v) is 27.7. The summed E-state index contributed by atoms with van der Waals surface area (Å²) in [7, 11) is -5.06. The summed E-state index contributed by atoms with van der Waals surface area (Å²) in [5, 5.41) is 11.0. The zero-order valence-electron chi connectivity index (χ0n) is 46.3. The number of carbonyl (C=O) groups is 1. The predicted octanol–water partition coefficient (Wildman–Crippen LogP) is 13.3. The van der Waals surface area contributed by atoms with Crippen molar-refractivity contribution in [3.05, 3.63) is 172 Å². The van der Waals surface area contributed by atoms with Crippen molar-refractivity contribution in [2.45, 2.75) is 89.8 Å². The van der Waals surface area contributed by atoms with Crippen LogP contribution in [0.4, 0.5) is 4.39 Å². The van der Waals surface area contributed by atoms with Crippen LogP contribution in [-0.4, -0.2) is 91.5 Å². The van der Waals surface area contributed by atoms with E-state index in [2.05, 4.69) is 55.4 Å². The van der Waals surface area contributed by atoms with E-state index in [0.717, 1.165) is 5.56 Å². The average Bonchev–Trinajstić information content (AvgIpc) is 3.91. The standard InChI is InChI=1S/C60H62Cl2FN5O11SSi/c1-11-28-74-33-44(34-76-80(71,72)45-23-16-36(2)17-24-45)77-56-52(61)37(3)54(38(4)53(56)62)68-48(39-18-20-41(63)21-19-39)31-47-55(68)58(66-35-65-47)78-51(59(69)70)30-40-29-43(79-81(9,10)60(5,6)7)22-25-49(40)75-32-42-26-27-64-57(67-42)46-14-12-13-15-50(46)73-8/h11-27,29,31,35,44,51H,1,28,30,32-34H2,2-10H3,(H,69,70). The molecule has 0 amide bonds. The van der Waals surface area contributed by atoms with Gasteiger partial charge in [-0.05, 0) is 134 Å². The van der Waals surface area contributed by atoms with E-state index < -0.39 is 49.0 Å². The predicted molar refractivity (Wildman–Crippen MR) is 312 cm³/mol. The number of carboxylic acid groups (broad SMARTS) is 1. The fourth-order valence-electron chi connectivity index (χ4n) is 8.49. The lowest BCUT2D eigenvalue weighted by Crippen LogP contribution is -2.43. The normalized spacial score (nSPS) is 12.7. The minimum atomic E-state index is -4.23. The summed E-state index contributed by atoms with van der Waals surface area (Å²) >= 11 is 14.5. The molecule has 0 saturated carbocycles. The van der Waals surface area contributed by atoms with Crippen molar-refractivity contribution < 1.29 is 55.0 Å². The Kier molecular flexibility index (Phi) is 18.6. The number of aromatic nitrogens is 5. The minimum absolute atomic E-state index is 0.00782. The van der Waals surface area contributed by atoms with Gasteiger partial charge in [-0.25, -0.2) is 24.1 Å². The van der Waals surface area contributed by atoms with Crippen LogP contribution in [0.1, 0.15) is 48.7 Å². The van der Waals surface area contributed by atoms with Crippen LogP contribution in [-0.2, 0) is 36.9 Å². The lowest BCUT2D eigenvalue weighted by Gasteiger charge is -2.36. The Morgan fingerprint density at radius 3 is 2.25 bits per heavy atom. The molecule has 81 heavy (non-hydrogen) atoms. The molecule has 0 saturated heterocycles. The van der Waals surface area contributed by atoms with Crippen LogP contribution < -0.4 is 23.4 Å². The molecule has 3 heterocycles. The Morgan fingerprint density at radius 1 is 0.877 bits per heavy atom. The number of hydrogen-bond acceptors (Lipinski definition) is 14. The largest absolute Gasteiger partial charge is 0.543 e. The zero-order chi connectivity index (χ0) is 58.4. The van der Waals surface area contributed by atoms with Crippen LogP contribution in [0.3, 0.4) is 0 Å². The quantitative estimate of drug-likeness (QED) is 0.0260. The fraction of sp³-hybridized carbons (Fsp3) is 0.283. The highest BCUT2D eigenvalue weighted by Crippen LogP contribution is 2.46. The van der Waals surface area contributed by atoms with E-state index in [1.54, 1.807) is 86.3 Å². The van der Waals surface area contributed by atoms with Crippen molar-refractivity contribution in [2.75, 3.05) is 26.9 Å². The second kappa shape index (κ2) is 25.2. The molecule has 0 aliphatic rings. The maximum absolute atomic E-state index is 14.6. The molecule has 0 bridgehead atoms.